The van der Waals surface area contributed by atoms with Gasteiger partial charge in [-0.25, -0.2) is 0 Å². The van der Waals surface area contributed by atoms with Gasteiger partial charge in [-0.2, -0.15) is 57.7 Å². The van der Waals surface area contributed by atoms with Crippen LogP contribution in [0.1, 0.15) is 77.9 Å². The van der Waals surface area contributed by atoms with Crippen molar-refractivity contribution in [2.24, 2.45) is 0 Å². The van der Waals surface area contributed by atoms with E-state index in [2.05, 4.69) is 128 Å². The summed E-state index contributed by atoms with van der Waals surface area (Å²) in [7, 11) is 0. The van der Waals surface area contributed by atoms with E-state index in [9.17, 15) is 0 Å². The monoisotopic (exact) mass is 645 g/mol. The van der Waals surface area contributed by atoms with Gasteiger partial charge in [0.15, 0.2) is 0 Å². The minimum atomic E-state index is -0.238. The zero-order chi connectivity index (χ0) is 24.5. The fraction of sp³-hybridized carbons (Fsp3) is 0.400. The number of rotatable bonds is 0. The topological polar surface area (TPSA) is 35.6 Å². The number of benzene rings is 2. The zero-order valence-electron chi connectivity index (χ0n) is 21.9. The average Bonchev–Trinajstić information content (AvgIpc) is 3.49. The Morgan fingerprint density at radius 1 is 0.543 bits per heavy atom. The summed E-state index contributed by atoms with van der Waals surface area (Å²) in [5.74, 6) is 0. The van der Waals surface area contributed by atoms with Crippen molar-refractivity contribution in [3.05, 3.63) is 95.6 Å². The maximum absolute atomic E-state index is 5.05. The van der Waals surface area contributed by atoms with E-state index in [1.54, 1.807) is 0 Å². The zero-order valence-corrected chi connectivity index (χ0v) is 24.2. The SMILES string of the molecule is CC1(C)c2[c-]c(ccc2)-n2ccc(n2)C(C)(C)C(C)(C)c2[c-]c(ccc2)-n2ccc(n2)C1(C)C.[Pt+2]. The van der Waals surface area contributed by atoms with Gasteiger partial charge in [0.1, 0.15) is 0 Å². The first-order chi connectivity index (χ1) is 15.9. The number of hydrogen-bond donors (Lipinski definition) is 0. The van der Waals surface area contributed by atoms with E-state index in [1.807, 2.05) is 9.36 Å². The van der Waals surface area contributed by atoms with Crippen LogP contribution in [0.2, 0.25) is 0 Å². The Labute approximate surface area is 224 Å². The van der Waals surface area contributed by atoms with Crippen molar-refractivity contribution in [3.8, 4) is 11.4 Å². The van der Waals surface area contributed by atoms with Crippen molar-refractivity contribution in [1.82, 2.24) is 19.6 Å². The molecule has 0 amide bonds. The molecule has 0 radical (unpaired) electrons. The second-order valence-electron chi connectivity index (χ2n) is 11.7. The van der Waals surface area contributed by atoms with E-state index < -0.39 is 0 Å². The molecule has 0 atom stereocenters. The Balaban J connectivity index is 0.00000289. The third-order valence-electron chi connectivity index (χ3n) is 8.98. The Kier molecular flexibility index (Phi) is 6.08. The van der Waals surface area contributed by atoms with Gasteiger partial charge in [-0.3, -0.25) is 9.36 Å². The molecular weight excluding hydrogens is 611 g/mol. The van der Waals surface area contributed by atoms with E-state index >= 15 is 0 Å². The molecule has 0 spiro atoms. The number of aromatic nitrogens is 4. The summed E-state index contributed by atoms with van der Waals surface area (Å²) in [6.07, 6.45) is 4.11. The van der Waals surface area contributed by atoms with Gasteiger partial charge in [0, 0.05) is 23.2 Å². The molecule has 0 unspecified atom stereocenters. The van der Waals surface area contributed by atoms with Gasteiger partial charge >= 0.3 is 21.1 Å². The molecule has 184 valence electrons. The molecule has 35 heavy (non-hydrogen) atoms. The van der Waals surface area contributed by atoms with Crippen LogP contribution in [0.3, 0.4) is 0 Å². The first-order valence-electron chi connectivity index (χ1n) is 12.0. The van der Waals surface area contributed by atoms with Crippen LogP contribution in [0.25, 0.3) is 11.4 Å². The van der Waals surface area contributed by atoms with Crippen molar-refractivity contribution in [3.63, 3.8) is 0 Å². The minimum absolute atomic E-state index is 0. The first-order valence-corrected chi connectivity index (χ1v) is 12.0. The van der Waals surface area contributed by atoms with Crippen molar-refractivity contribution in [2.45, 2.75) is 77.0 Å². The van der Waals surface area contributed by atoms with Gasteiger partial charge < -0.3 is 0 Å². The number of hydrogen-bond acceptors (Lipinski definition) is 2. The van der Waals surface area contributed by atoms with E-state index in [0.717, 1.165) is 33.9 Å². The van der Waals surface area contributed by atoms with E-state index in [4.69, 9.17) is 10.2 Å². The molecule has 1 aliphatic heterocycles. The quantitative estimate of drug-likeness (QED) is 0.205. The summed E-state index contributed by atoms with van der Waals surface area (Å²) < 4.78 is 3.92. The molecule has 1 aliphatic rings. The maximum atomic E-state index is 5.05. The molecule has 3 heterocycles. The molecule has 5 heteroatoms. The summed E-state index contributed by atoms with van der Waals surface area (Å²) in [4.78, 5) is 0. The summed E-state index contributed by atoms with van der Waals surface area (Å²) in [6, 6.07) is 24.3. The van der Waals surface area contributed by atoms with Crippen molar-refractivity contribution in [1.29, 1.82) is 0 Å². The van der Waals surface area contributed by atoms with Crippen LogP contribution < -0.4 is 0 Å². The normalized spacial score (nSPS) is 19.0. The van der Waals surface area contributed by atoms with Crippen LogP contribution in [0.4, 0.5) is 0 Å². The fourth-order valence-corrected chi connectivity index (χ4v) is 4.81. The van der Waals surface area contributed by atoms with E-state index in [-0.39, 0.29) is 42.7 Å². The molecule has 4 aromatic rings. The molecule has 0 saturated carbocycles. The Morgan fingerprint density at radius 3 is 1.29 bits per heavy atom. The average molecular weight is 646 g/mol. The molecule has 0 saturated heterocycles. The van der Waals surface area contributed by atoms with E-state index in [0.29, 0.717) is 0 Å². The molecule has 2 aromatic carbocycles. The van der Waals surface area contributed by atoms with Crippen molar-refractivity contribution in [2.75, 3.05) is 0 Å². The van der Waals surface area contributed by atoms with Gasteiger partial charge in [0.05, 0.1) is 11.4 Å². The van der Waals surface area contributed by atoms with Crippen LogP contribution >= 0.6 is 0 Å². The van der Waals surface area contributed by atoms with Gasteiger partial charge in [0.2, 0.25) is 0 Å². The predicted octanol–water partition coefficient (Wildman–Crippen LogP) is 6.48. The molecule has 8 bridgehead atoms. The van der Waals surface area contributed by atoms with Gasteiger partial charge in [-0.1, -0.05) is 55.4 Å². The van der Waals surface area contributed by atoms with Crippen LogP contribution in [-0.4, -0.2) is 19.6 Å². The molecule has 2 aromatic heterocycles. The van der Waals surface area contributed by atoms with Crippen molar-refractivity contribution < 1.29 is 21.1 Å². The van der Waals surface area contributed by atoms with Crippen molar-refractivity contribution >= 4 is 0 Å². The minimum Gasteiger partial charge on any atom is -0.265 e. The van der Waals surface area contributed by atoms with Gasteiger partial charge in [-0.05, 0) is 34.3 Å². The fourth-order valence-electron chi connectivity index (χ4n) is 4.81. The largest absolute Gasteiger partial charge is 2.00 e. The molecule has 5 rings (SSSR count). The molecule has 0 N–H and O–H groups in total. The third-order valence-corrected chi connectivity index (χ3v) is 8.98. The molecule has 0 aliphatic carbocycles. The van der Waals surface area contributed by atoms with E-state index in [1.165, 1.54) is 0 Å². The summed E-state index contributed by atoms with van der Waals surface area (Å²) in [5.41, 5.74) is 5.36. The molecule has 4 nitrogen and oxygen atoms in total. The van der Waals surface area contributed by atoms with Gasteiger partial charge in [-0.15, -0.1) is 12.1 Å². The Bertz CT molecular complexity index is 1260. The van der Waals surface area contributed by atoms with Crippen LogP contribution in [-0.2, 0) is 42.7 Å². The Hall–Kier alpha value is -2.45. The summed E-state index contributed by atoms with van der Waals surface area (Å²) in [6.45, 7) is 18.2. The predicted molar refractivity (Wildman–Crippen MR) is 137 cm³/mol. The second kappa shape index (κ2) is 8.30. The summed E-state index contributed by atoms with van der Waals surface area (Å²) >= 11 is 0. The summed E-state index contributed by atoms with van der Waals surface area (Å²) in [5, 5.41) is 10.1. The maximum Gasteiger partial charge on any atom is 2.00 e. The van der Waals surface area contributed by atoms with Gasteiger partial charge in [0.25, 0.3) is 0 Å². The third kappa shape index (κ3) is 3.76. The molecular formula is C30H34N4Pt. The van der Waals surface area contributed by atoms with Crippen LogP contribution in [0, 0.1) is 12.1 Å². The van der Waals surface area contributed by atoms with Crippen LogP contribution in [0.15, 0.2) is 60.9 Å². The first kappa shape index (κ1) is 25.6. The standard InChI is InChI=1S/C30H34N4.Pt/c1-27(2)21-11-9-13-23(19-21)33-18-16-26(32-33)30(7,8)28(3,4)22-12-10-14-24(20-22)34-17-15-25(31-34)29(27,5)6;/h9-18H,1-8H3;/q-2;+2. The number of fused-ring (bicyclic) bond motifs is 10. The Morgan fingerprint density at radius 2 is 0.914 bits per heavy atom. The molecule has 0 fully saturated rings. The smallest absolute Gasteiger partial charge is 0.265 e. The number of nitrogens with zero attached hydrogens (tertiary/aromatic N) is 4. The second-order valence-corrected chi connectivity index (χ2v) is 11.7. The van der Waals surface area contributed by atoms with Crippen LogP contribution in [0.5, 0.6) is 0 Å².